The molecule has 1 atom stereocenters. The zero-order chi connectivity index (χ0) is 16.3. The quantitative estimate of drug-likeness (QED) is 0.467. The lowest BCUT2D eigenvalue weighted by Gasteiger charge is -2.26. The summed E-state index contributed by atoms with van der Waals surface area (Å²) >= 11 is 10.5. The molecule has 0 aliphatic rings. The average Bonchev–Trinajstić information content (AvgIpc) is 2.34. The molecule has 3 nitrogen and oxygen atoms in total. The highest BCUT2D eigenvalue weighted by molar-refractivity contribution is 7.78. The van der Waals surface area contributed by atoms with Gasteiger partial charge >= 0.3 is 5.97 Å². The fraction of sp³-hybridized carbons (Fsp3) is 0.467. The van der Waals surface area contributed by atoms with Gasteiger partial charge in [0.15, 0.2) is 0 Å². The van der Waals surface area contributed by atoms with Crippen LogP contribution in [0.1, 0.15) is 33.3 Å². The molecule has 1 rings (SSSR count). The van der Waals surface area contributed by atoms with E-state index in [1.807, 2.05) is 0 Å². The van der Waals surface area contributed by atoms with Crippen LogP contribution in [0.25, 0.3) is 0 Å². The van der Waals surface area contributed by atoms with Gasteiger partial charge in [-0.15, -0.1) is 0 Å². The molecule has 0 aromatic heterocycles. The number of rotatable bonds is 4. The van der Waals surface area contributed by atoms with Crippen molar-refractivity contribution in [2.24, 2.45) is 10.4 Å². The number of carbonyl (C=O) groups is 1. The van der Waals surface area contributed by atoms with Crippen LogP contribution in [0.4, 0.5) is 4.39 Å². The molecule has 0 saturated heterocycles. The predicted molar refractivity (Wildman–Crippen MR) is 84.2 cm³/mol. The first-order valence-corrected chi connectivity index (χ1v) is 7.10. The summed E-state index contributed by atoms with van der Waals surface area (Å²) in [5, 5.41) is 2.49. The number of hydrogen-bond donors (Lipinski definition) is 0. The fourth-order valence-electron chi connectivity index (χ4n) is 1.57. The summed E-state index contributed by atoms with van der Waals surface area (Å²) in [5.74, 6) is -0.874. The number of aliphatic imine (C=N–C) groups is 1. The summed E-state index contributed by atoms with van der Waals surface area (Å²) in [6.45, 7) is 6.83. The number of esters is 1. The van der Waals surface area contributed by atoms with E-state index in [4.69, 9.17) is 16.3 Å². The van der Waals surface area contributed by atoms with E-state index < -0.39 is 16.8 Å². The third-order valence-corrected chi connectivity index (χ3v) is 3.18. The molecule has 1 unspecified atom stereocenters. The molecular formula is C15H17ClFNO2S. The second-order valence-electron chi connectivity index (χ2n) is 5.96. The van der Waals surface area contributed by atoms with Crippen molar-refractivity contribution in [3.8, 4) is 0 Å². The lowest BCUT2D eigenvalue weighted by molar-refractivity contribution is -0.154. The average molecular weight is 330 g/mol. The largest absolute Gasteiger partial charge is 0.462 e. The Morgan fingerprint density at radius 3 is 2.48 bits per heavy atom. The molecule has 0 bridgehead atoms. The summed E-state index contributed by atoms with van der Waals surface area (Å²) in [4.78, 5) is 15.9. The van der Waals surface area contributed by atoms with E-state index in [1.165, 1.54) is 12.1 Å². The van der Waals surface area contributed by atoms with E-state index in [0.29, 0.717) is 5.56 Å². The van der Waals surface area contributed by atoms with E-state index in [1.54, 1.807) is 33.8 Å². The minimum absolute atomic E-state index is 0.0769. The van der Waals surface area contributed by atoms with Gasteiger partial charge in [-0.3, -0.25) is 4.79 Å². The van der Waals surface area contributed by atoms with Gasteiger partial charge in [-0.25, -0.2) is 9.38 Å². The monoisotopic (exact) mass is 329 g/mol. The van der Waals surface area contributed by atoms with Crippen molar-refractivity contribution in [1.29, 1.82) is 0 Å². The second kappa shape index (κ2) is 6.65. The standard InChI is InChI=1S/C15H17ClFNO2S/c1-14(2,3)13(19)20-8-15(4,18-9-21)10-5-11(16)7-12(17)6-10/h5-7H,8H2,1-4H3. The van der Waals surface area contributed by atoms with Gasteiger partial charge in [-0.05, 0) is 63.7 Å². The van der Waals surface area contributed by atoms with Crippen molar-refractivity contribution >= 4 is 34.9 Å². The van der Waals surface area contributed by atoms with Crippen LogP contribution in [0, 0.1) is 11.2 Å². The zero-order valence-electron chi connectivity index (χ0n) is 12.4. The number of isothiocyanates is 1. The van der Waals surface area contributed by atoms with Crippen LogP contribution in [-0.4, -0.2) is 17.7 Å². The van der Waals surface area contributed by atoms with E-state index in [-0.39, 0.29) is 17.6 Å². The molecule has 21 heavy (non-hydrogen) atoms. The smallest absolute Gasteiger partial charge is 0.311 e. The molecular weight excluding hydrogens is 313 g/mol. The zero-order valence-corrected chi connectivity index (χ0v) is 13.9. The molecule has 0 spiro atoms. The van der Waals surface area contributed by atoms with E-state index in [0.717, 1.165) is 0 Å². The maximum atomic E-state index is 13.5. The molecule has 114 valence electrons. The normalized spacial score (nSPS) is 14.0. The van der Waals surface area contributed by atoms with Crippen LogP contribution in [0.3, 0.4) is 0 Å². The molecule has 0 aliphatic heterocycles. The molecule has 6 heteroatoms. The number of thiocarbonyl (C=S) groups is 1. The lowest BCUT2D eigenvalue weighted by Crippen LogP contribution is -2.32. The SMILES string of the molecule is CC(C)(C)C(=O)OCC(C)(N=C=S)c1cc(F)cc(Cl)c1. The van der Waals surface area contributed by atoms with Crippen molar-refractivity contribution in [3.63, 3.8) is 0 Å². The highest BCUT2D eigenvalue weighted by Gasteiger charge is 2.31. The molecule has 1 aromatic carbocycles. The number of halogens is 2. The maximum Gasteiger partial charge on any atom is 0.311 e. The Balaban J connectivity index is 3.09. The molecule has 0 N–H and O–H groups in total. The van der Waals surface area contributed by atoms with Crippen LogP contribution >= 0.6 is 23.8 Å². The molecule has 0 fully saturated rings. The van der Waals surface area contributed by atoms with Gasteiger partial charge in [-0.2, -0.15) is 0 Å². The van der Waals surface area contributed by atoms with Gasteiger partial charge in [0.2, 0.25) is 0 Å². The van der Waals surface area contributed by atoms with Gasteiger partial charge in [-0.1, -0.05) is 11.6 Å². The van der Waals surface area contributed by atoms with E-state index in [2.05, 4.69) is 22.4 Å². The first kappa shape index (κ1) is 17.8. The molecule has 0 amide bonds. The van der Waals surface area contributed by atoms with Gasteiger partial charge in [0.25, 0.3) is 0 Å². The molecule has 0 radical (unpaired) electrons. The van der Waals surface area contributed by atoms with Crippen molar-refractivity contribution in [1.82, 2.24) is 0 Å². The number of ether oxygens (including phenoxy) is 1. The van der Waals surface area contributed by atoms with Crippen LogP contribution in [0.15, 0.2) is 23.2 Å². The fourth-order valence-corrected chi connectivity index (χ4v) is 1.99. The Kier molecular flexibility index (Phi) is 5.62. The molecule has 0 saturated carbocycles. The van der Waals surface area contributed by atoms with E-state index >= 15 is 0 Å². The Bertz CT molecular complexity index is 574. The topological polar surface area (TPSA) is 38.7 Å². The number of nitrogens with zero attached hydrogens (tertiary/aromatic N) is 1. The highest BCUT2D eigenvalue weighted by Crippen LogP contribution is 2.29. The Morgan fingerprint density at radius 1 is 1.38 bits per heavy atom. The predicted octanol–water partition coefficient (Wildman–Crippen LogP) is 4.39. The lowest BCUT2D eigenvalue weighted by atomic mass is 9.93. The van der Waals surface area contributed by atoms with Gasteiger partial charge in [0.05, 0.1) is 10.6 Å². The van der Waals surface area contributed by atoms with Crippen molar-refractivity contribution in [2.45, 2.75) is 33.2 Å². The second-order valence-corrected chi connectivity index (χ2v) is 6.58. The number of carbonyl (C=O) groups excluding carboxylic acids is 1. The maximum absolute atomic E-state index is 13.5. The van der Waals surface area contributed by atoms with Gasteiger partial charge in [0.1, 0.15) is 18.0 Å². The van der Waals surface area contributed by atoms with Crippen molar-refractivity contribution in [3.05, 3.63) is 34.6 Å². The third-order valence-electron chi connectivity index (χ3n) is 2.87. The van der Waals surface area contributed by atoms with Crippen LogP contribution < -0.4 is 0 Å². The minimum atomic E-state index is -1.03. The van der Waals surface area contributed by atoms with Crippen LogP contribution in [-0.2, 0) is 15.1 Å². The van der Waals surface area contributed by atoms with E-state index in [9.17, 15) is 9.18 Å². The summed E-state index contributed by atoms with van der Waals surface area (Å²) in [6.07, 6.45) is 0. The molecule has 0 aliphatic carbocycles. The molecule has 1 aromatic rings. The van der Waals surface area contributed by atoms with Crippen LogP contribution in [0.2, 0.25) is 5.02 Å². The Hall–Kier alpha value is -1.29. The Morgan fingerprint density at radius 2 is 2.00 bits per heavy atom. The van der Waals surface area contributed by atoms with Crippen molar-refractivity contribution < 1.29 is 13.9 Å². The summed E-state index contributed by atoms with van der Waals surface area (Å²) in [7, 11) is 0. The summed E-state index contributed by atoms with van der Waals surface area (Å²) < 4.78 is 18.8. The summed E-state index contributed by atoms with van der Waals surface area (Å²) in [6, 6.07) is 4.03. The first-order chi connectivity index (χ1) is 9.58. The van der Waals surface area contributed by atoms with Crippen LogP contribution in [0.5, 0.6) is 0 Å². The molecule has 0 heterocycles. The van der Waals surface area contributed by atoms with Crippen molar-refractivity contribution in [2.75, 3.05) is 6.61 Å². The first-order valence-electron chi connectivity index (χ1n) is 6.31. The number of hydrogen-bond acceptors (Lipinski definition) is 4. The summed E-state index contributed by atoms with van der Waals surface area (Å²) in [5.41, 5.74) is -1.21. The van der Waals surface area contributed by atoms with Gasteiger partial charge < -0.3 is 4.74 Å². The third kappa shape index (κ3) is 4.88. The highest BCUT2D eigenvalue weighted by atomic mass is 35.5. The minimum Gasteiger partial charge on any atom is -0.462 e. The number of benzene rings is 1. The Labute approximate surface area is 134 Å². The van der Waals surface area contributed by atoms with Gasteiger partial charge in [0, 0.05) is 5.02 Å².